The van der Waals surface area contributed by atoms with Crippen molar-refractivity contribution in [1.29, 1.82) is 0 Å². The number of carbonyl (C=O) groups excluding carboxylic acids is 1. The minimum atomic E-state index is -0.368. The fraction of sp³-hybridized carbons (Fsp3) is 0.562. The molecule has 21 heavy (non-hydrogen) atoms. The molecule has 0 aromatic heterocycles. The maximum absolute atomic E-state index is 11.9. The molecule has 0 fully saturated rings. The number of carbonyl (C=O) groups is 1. The van der Waals surface area contributed by atoms with Gasteiger partial charge in [-0.15, -0.1) is 0 Å². The molecule has 0 radical (unpaired) electrons. The Balaban J connectivity index is 2.92. The molecule has 1 aromatic carbocycles. The molecular weight excluding hydrogens is 266 g/mol. The molecule has 5 nitrogen and oxygen atoms in total. The van der Waals surface area contributed by atoms with Crippen LogP contribution in [0, 0.1) is 0 Å². The Morgan fingerprint density at radius 3 is 2.52 bits per heavy atom. The fourth-order valence-electron chi connectivity index (χ4n) is 2.27. The number of ether oxygens (including phenoxy) is 1. The van der Waals surface area contributed by atoms with Crippen molar-refractivity contribution in [2.45, 2.75) is 19.9 Å². The highest BCUT2D eigenvalue weighted by Gasteiger charge is 2.17. The first kappa shape index (κ1) is 17.5. The Morgan fingerprint density at radius 2 is 1.95 bits per heavy atom. The second-order valence-electron chi connectivity index (χ2n) is 5.45. The smallest absolute Gasteiger partial charge is 0.340 e. The summed E-state index contributed by atoms with van der Waals surface area (Å²) < 4.78 is 4.85. The number of benzene rings is 1. The number of nitrogen functional groups attached to an aromatic ring is 1. The highest BCUT2D eigenvalue weighted by atomic mass is 16.5. The van der Waals surface area contributed by atoms with Crippen LogP contribution >= 0.6 is 0 Å². The van der Waals surface area contributed by atoms with Gasteiger partial charge in [-0.2, -0.15) is 0 Å². The summed E-state index contributed by atoms with van der Waals surface area (Å²) in [5.41, 5.74) is 7.83. The van der Waals surface area contributed by atoms with E-state index in [2.05, 4.69) is 30.8 Å². The Morgan fingerprint density at radius 1 is 1.24 bits per heavy atom. The Labute approximate surface area is 127 Å². The van der Waals surface area contributed by atoms with E-state index in [9.17, 15) is 4.79 Å². The van der Waals surface area contributed by atoms with Crippen molar-refractivity contribution in [2.24, 2.45) is 0 Å². The third-order valence-corrected chi connectivity index (χ3v) is 3.37. The molecule has 0 saturated heterocycles. The number of methoxy groups -OCH3 is 1. The number of hydrogen-bond donors (Lipinski definition) is 1. The van der Waals surface area contributed by atoms with Crippen LogP contribution < -0.4 is 5.73 Å². The van der Waals surface area contributed by atoms with Gasteiger partial charge in [-0.05, 0) is 38.7 Å². The van der Waals surface area contributed by atoms with Gasteiger partial charge in [0.1, 0.15) is 0 Å². The van der Waals surface area contributed by atoms with E-state index in [0.29, 0.717) is 17.8 Å². The van der Waals surface area contributed by atoms with Gasteiger partial charge in [0.05, 0.1) is 12.7 Å². The van der Waals surface area contributed by atoms with Crippen LogP contribution in [0.4, 0.5) is 5.69 Å². The Hall–Kier alpha value is -1.59. The van der Waals surface area contributed by atoms with Crippen molar-refractivity contribution in [3.05, 3.63) is 29.3 Å². The van der Waals surface area contributed by atoms with Crippen molar-refractivity contribution in [3.63, 3.8) is 0 Å². The quantitative estimate of drug-likeness (QED) is 0.585. The average Bonchev–Trinajstić information content (AvgIpc) is 2.44. The van der Waals surface area contributed by atoms with Crippen molar-refractivity contribution < 1.29 is 9.53 Å². The average molecular weight is 293 g/mol. The standard InChI is InChI=1S/C16H27N3O2/c1-5-9-19(11-10-18(2)3)12-13-7-6-8-14(17)15(13)16(20)21-4/h6-8H,5,9-12,17H2,1-4H3. The lowest BCUT2D eigenvalue weighted by Crippen LogP contribution is -2.32. The van der Waals surface area contributed by atoms with E-state index in [-0.39, 0.29) is 5.97 Å². The molecule has 0 unspecified atom stereocenters. The van der Waals surface area contributed by atoms with Gasteiger partial charge >= 0.3 is 5.97 Å². The summed E-state index contributed by atoms with van der Waals surface area (Å²) in [6.07, 6.45) is 1.07. The first-order valence-electron chi connectivity index (χ1n) is 7.32. The molecule has 1 rings (SSSR count). The molecule has 0 saturated carbocycles. The van der Waals surface area contributed by atoms with Crippen LogP contribution in [0.1, 0.15) is 29.3 Å². The largest absolute Gasteiger partial charge is 0.465 e. The number of anilines is 1. The SMILES string of the molecule is CCCN(CCN(C)C)Cc1cccc(N)c1C(=O)OC. The third kappa shape index (κ3) is 5.36. The normalized spacial score (nSPS) is 11.1. The second kappa shape index (κ2) is 8.64. The minimum absolute atomic E-state index is 0.368. The zero-order chi connectivity index (χ0) is 15.8. The lowest BCUT2D eigenvalue weighted by atomic mass is 10.0. The van der Waals surface area contributed by atoms with Crippen LogP contribution in [-0.4, -0.2) is 56.6 Å². The number of nitrogens with two attached hydrogens (primary N) is 1. The van der Waals surface area contributed by atoms with Crippen molar-refractivity contribution >= 4 is 11.7 Å². The van der Waals surface area contributed by atoms with Gasteiger partial charge in [0.25, 0.3) is 0 Å². The zero-order valence-electron chi connectivity index (χ0n) is 13.6. The number of nitrogens with zero attached hydrogens (tertiary/aromatic N) is 2. The second-order valence-corrected chi connectivity index (χ2v) is 5.45. The molecule has 0 spiro atoms. The molecular formula is C16H27N3O2. The molecule has 118 valence electrons. The van der Waals surface area contributed by atoms with Gasteiger partial charge in [0, 0.05) is 25.3 Å². The Bertz CT molecular complexity index is 461. The van der Waals surface area contributed by atoms with Gasteiger partial charge < -0.3 is 15.4 Å². The molecule has 0 aliphatic heterocycles. The van der Waals surface area contributed by atoms with Crippen molar-refractivity contribution in [3.8, 4) is 0 Å². The van der Waals surface area contributed by atoms with Gasteiger partial charge in [0.15, 0.2) is 0 Å². The topological polar surface area (TPSA) is 58.8 Å². The van der Waals surface area contributed by atoms with Gasteiger partial charge in [-0.3, -0.25) is 4.90 Å². The van der Waals surface area contributed by atoms with E-state index in [1.165, 1.54) is 7.11 Å². The van der Waals surface area contributed by atoms with Crippen LogP contribution in [-0.2, 0) is 11.3 Å². The first-order valence-corrected chi connectivity index (χ1v) is 7.32. The summed E-state index contributed by atoms with van der Waals surface area (Å²) in [5, 5.41) is 0. The number of rotatable bonds is 8. The lowest BCUT2D eigenvalue weighted by Gasteiger charge is -2.24. The van der Waals surface area contributed by atoms with E-state index in [4.69, 9.17) is 10.5 Å². The molecule has 1 aromatic rings. The van der Waals surface area contributed by atoms with Crippen LogP contribution in [0.25, 0.3) is 0 Å². The van der Waals surface area contributed by atoms with Crippen molar-refractivity contribution in [2.75, 3.05) is 46.6 Å². The first-order chi connectivity index (χ1) is 9.99. The molecule has 0 aliphatic carbocycles. The van der Waals surface area contributed by atoms with Gasteiger partial charge in [-0.1, -0.05) is 19.1 Å². The van der Waals surface area contributed by atoms with E-state index in [0.717, 1.165) is 31.6 Å². The van der Waals surface area contributed by atoms with E-state index < -0.39 is 0 Å². The predicted octanol–water partition coefficient (Wildman–Crippen LogP) is 1.83. The fourth-order valence-corrected chi connectivity index (χ4v) is 2.27. The Kier molecular flexibility index (Phi) is 7.19. The molecule has 5 heteroatoms. The van der Waals surface area contributed by atoms with Crippen LogP contribution in [0.2, 0.25) is 0 Å². The number of hydrogen-bond acceptors (Lipinski definition) is 5. The highest BCUT2D eigenvalue weighted by molar-refractivity contribution is 5.96. The molecule has 0 bridgehead atoms. The maximum atomic E-state index is 11.9. The van der Waals surface area contributed by atoms with E-state index >= 15 is 0 Å². The molecule has 0 aliphatic rings. The molecule has 2 N–H and O–H groups in total. The van der Waals surface area contributed by atoms with Crippen LogP contribution in [0.3, 0.4) is 0 Å². The molecule has 0 amide bonds. The summed E-state index contributed by atoms with van der Waals surface area (Å²) in [4.78, 5) is 16.4. The summed E-state index contributed by atoms with van der Waals surface area (Å²) in [7, 11) is 5.50. The van der Waals surface area contributed by atoms with Gasteiger partial charge in [0.2, 0.25) is 0 Å². The maximum Gasteiger partial charge on any atom is 0.340 e. The molecule has 0 atom stereocenters. The van der Waals surface area contributed by atoms with Crippen LogP contribution in [0.15, 0.2) is 18.2 Å². The highest BCUT2D eigenvalue weighted by Crippen LogP contribution is 2.20. The summed E-state index contributed by atoms with van der Waals surface area (Å²) in [6, 6.07) is 5.56. The monoisotopic (exact) mass is 293 g/mol. The number of esters is 1. The predicted molar refractivity (Wildman–Crippen MR) is 86.3 cm³/mol. The zero-order valence-corrected chi connectivity index (χ0v) is 13.6. The number of likely N-dealkylation sites (N-methyl/N-ethyl adjacent to an activating group) is 1. The van der Waals surface area contributed by atoms with Crippen molar-refractivity contribution in [1.82, 2.24) is 9.80 Å². The summed E-state index contributed by atoms with van der Waals surface area (Å²) >= 11 is 0. The van der Waals surface area contributed by atoms with E-state index in [1.54, 1.807) is 6.07 Å². The third-order valence-electron chi connectivity index (χ3n) is 3.37. The van der Waals surface area contributed by atoms with E-state index in [1.807, 2.05) is 12.1 Å². The van der Waals surface area contributed by atoms with Crippen LogP contribution in [0.5, 0.6) is 0 Å². The minimum Gasteiger partial charge on any atom is -0.465 e. The summed E-state index contributed by atoms with van der Waals surface area (Å²) in [6.45, 7) is 5.79. The molecule has 0 heterocycles. The summed E-state index contributed by atoms with van der Waals surface area (Å²) in [5.74, 6) is -0.368. The lowest BCUT2D eigenvalue weighted by molar-refractivity contribution is 0.0599. The van der Waals surface area contributed by atoms with Gasteiger partial charge in [-0.25, -0.2) is 4.79 Å².